The van der Waals surface area contributed by atoms with E-state index in [4.69, 9.17) is 5.73 Å². The third-order valence-electron chi connectivity index (χ3n) is 2.97. The fourth-order valence-electron chi connectivity index (χ4n) is 1.98. The topological polar surface area (TPSA) is 44.9 Å². The quantitative estimate of drug-likeness (QED) is 0.362. The molecule has 102 valence electrons. The highest BCUT2D eigenvalue weighted by Gasteiger charge is 2.10. The van der Waals surface area contributed by atoms with Gasteiger partial charge in [-0.15, -0.1) is 24.0 Å². The van der Waals surface area contributed by atoms with E-state index in [9.17, 15) is 0 Å². The average molecular weight is 354 g/mol. The number of guanidine groups is 1. The molecule has 0 atom stereocenters. The fraction of sp³-hybridized carbons (Fsp3) is 0.917. The number of rotatable bonds is 4. The first-order chi connectivity index (χ1) is 7.70. The molecule has 5 heteroatoms. The van der Waals surface area contributed by atoms with Crippen LogP contribution in [0.2, 0.25) is 0 Å². The second-order valence-corrected chi connectivity index (χ2v) is 4.80. The van der Waals surface area contributed by atoms with E-state index in [1.807, 2.05) is 0 Å². The SMILES string of the molecule is CN(C)CCCN=C(N)N1CCCCCC1.I. The summed E-state index contributed by atoms with van der Waals surface area (Å²) in [5.41, 5.74) is 6.00. The van der Waals surface area contributed by atoms with Crippen LogP contribution in [-0.2, 0) is 0 Å². The largest absolute Gasteiger partial charge is 0.370 e. The zero-order valence-corrected chi connectivity index (χ0v) is 13.5. The number of halogens is 1. The van der Waals surface area contributed by atoms with E-state index in [2.05, 4.69) is 28.9 Å². The molecule has 1 saturated heterocycles. The molecule has 0 aromatic rings. The summed E-state index contributed by atoms with van der Waals surface area (Å²) >= 11 is 0. The van der Waals surface area contributed by atoms with Crippen molar-refractivity contribution in [2.75, 3.05) is 40.3 Å². The Morgan fingerprint density at radius 1 is 1.18 bits per heavy atom. The minimum absolute atomic E-state index is 0. The summed E-state index contributed by atoms with van der Waals surface area (Å²) in [4.78, 5) is 8.87. The Bertz CT molecular complexity index is 211. The van der Waals surface area contributed by atoms with Crippen LogP contribution >= 0.6 is 24.0 Å². The van der Waals surface area contributed by atoms with Crippen molar-refractivity contribution in [2.45, 2.75) is 32.1 Å². The van der Waals surface area contributed by atoms with E-state index in [-0.39, 0.29) is 24.0 Å². The standard InChI is InChI=1S/C12H26N4.HI/c1-15(2)9-7-8-14-12(13)16-10-5-3-4-6-11-16;/h3-11H2,1-2H3,(H2,13,14);1H. The highest BCUT2D eigenvalue weighted by Crippen LogP contribution is 2.08. The Labute approximate surface area is 123 Å². The Balaban J connectivity index is 0.00000256. The van der Waals surface area contributed by atoms with Crippen molar-refractivity contribution in [3.8, 4) is 0 Å². The van der Waals surface area contributed by atoms with Crippen LogP contribution < -0.4 is 5.73 Å². The first-order valence-corrected chi connectivity index (χ1v) is 6.40. The van der Waals surface area contributed by atoms with Gasteiger partial charge in [-0.25, -0.2) is 0 Å². The summed E-state index contributed by atoms with van der Waals surface area (Å²) in [6.45, 7) is 4.10. The monoisotopic (exact) mass is 354 g/mol. The Kier molecular flexibility index (Phi) is 9.91. The molecule has 1 aliphatic rings. The van der Waals surface area contributed by atoms with Gasteiger partial charge in [0.15, 0.2) is 5.96 Å². The van der Waals surface area contributed by atoms with Crippen molar-refractivity contribution in [2.24, 2.45) is 10.7 Å². The van der Waals surface area contributed by atoms with Crippen LogP contribution in [0.5, 0.6) is 0 Å². The van der Waals surface area contributed by atoms with E-state index in [0.717, 1.165) is 38.6 Å². The molecule has 1 heterocycles. The molecule has 4 nitrogen and oxygen atoms in total. The smallest absolute Gasteiger partial charge is 0.191 e. The van der Waals surface area contributed by atoms with Gasteiger partial charge >= 0.3 is 0 Å². The predicted octanol–water partition coefficient (Wildman–Crippen LogP) is 1.75. The molecule has 0 aliphatic carbocycles. The first kappa shape index (κ1) is 17.0. The maximum atomic E-state index is 6.00. The van der Waals surface area contributed by atoms with Crippen molar-refractivity contribution >= 4 is 29.9 Å². The number of likely N-dealkylation sites (tertiary alicyclic amines) is 1. The summed E-state index contributed by atoms with van der Waals surface area (Å²) in [5.74, 6) is 0.751. The van der Waals surface area contributed by atoms with E-state index in [0.29, 0.717) is 0 Å². The van der Waals surface area contributed by atoms with Crippen LogP contribution in [0, 0.1) is 0 Å². The second kappa shape index (κ2) is 9.94. The van der Waals surface area contributed by atoms with E-state index in [1.54, 1.807) is 0 Å². The average Bonchev–Trinajstić information content (AvgIpc) is 2.52. The highest BCUT2D eigenvalue weighted by molar-refractivity contribution is 14.0. The lowest BCUT2D eigenvalue weighted by molar-refractivity contribution is 0.400. The van der Waals surface area contributed by atoms with Crippen LogP contribution in [0.3, 0.4) is 0 Å². The van der Waals surface area contributed by atoms with Gasteiger partial charge in [-0.1, -0.05) is 12.8 Å². The van der Waals surface area contributed by atoms with Gasteiger partial charge < -0.3 is 15.5 Å². The normalized spacial score (nSPS) is 17.8. The molecule has 2 N–H and O–H groups in total. The van der Waals surface area contributed by atoms with Crippen molar-refractivity contribution in [3.05, 3.63) is 0 Å². The molecular formula is C12H27IN4. The van der Waals surface area contributed by atoms with Crippen LogP contribution in [-0.4, -0.2) is 56.0 Å². The molecule has 0 radical (unpaired) electrons. The van der Waals surface area contributed by atoms with E-state index >= 15 is 0 Å². The van der Waals surface area contributed by atoms with Crippen LogP contribution in [0.25, 0.3) is 0 Å². The van der Waals surface area contributed by atoms with Gasteiger partial charge in [0.25, 0.3) is 0 Å². The third kappa shape index (κ3) is 7.81. The summed E-state index contributed by atoms with van der Waals surface area (Å²) in [7, 11) is 4.17. The highest BCUT2D eigenvalue weighted by atomic mass is 127. The third-order valence-corrected chi connectivity index (χ3v) is 2.97. The number of hydrogen-bond donors (Lipinski definition) is 1. The van der Waals surface area contributed by atoms with Gasteiger partial charge in [-0.3, -0.25) is 4.99 Å². The minimum atomic E-state index is 0. The fourth-order valence-corrected chi connectivity index (χ4v) is 1.98. The van der Waals surface area contributed by atoms with E-state index < -0.39 is 0 Å². The molecule has 1 fully saturated rings. The van der Waals surface area contributed by atoms with Crippen LogP contribution in [0.15, 0.2) is 4.99 Å². The summed E-state index contributed by atoms with van der Waals surface area (Å²) in [5, 5.41) is 0. The van der Waals surface area contributed by atoms with Crippen LogP contribution in [0.1, 0.15) is 32.1 Å². The van der Waals surface area contributed by atoms with Gasteiger partial charge in [0, 0.05) is 19.6 Å². The second-order valence-electron chi connectivity index (χ2n) is 4.80. The van der Waals surface area contributed by atoms with Crippen molar-refractivity contribution in [1.82, 2.24) is 9.80 Å². The number of nitrogens with zero attached hydrogens (tertiary/aromatic N) is 3. The van der Waals surface area contributed by atoms with E-state index in [1.165, 1.54) is 25.7 Å². The zero-order chi connectivity index (χ0) is 11.8. The molecule has 0 aromatic heterocycles. The number of hydrogen-bond acceptors (Lipinski definition) is 2. The molecule has 17 heavy (non-hydrogen) atoms. The Morgan fingerprint density at radius 3 is 2.29 bits per heavy atom. The maximum absolute atomic E-state index is 6.00. The number of aliphatic imine (C=N–C) groups is 1. The predicted molar refractivity (Wildman–Crippen MR) is 85.1 cm³/mol. The molecule has 0 saturated carbocycles. The van der Waals surface area contributed by atoms with Gasteiger partial charge in [0.2, 0.25) is 0 Å². The molecule has 0 spiro atoms. The van der Waals surface area contributed by atoms with Crippen molar-refractivity contribution in [1.29, 1.82) is 0 Å². The van der Waals surface area contributed by atoms with Crippen molar-refractivity contribution in [3.63, 3.8) is 0 Å². The summed E-state index contributed by atoms with van der Waals surface area (Å²) in [6.07, 6.45) is 6.28. The molecule has 1 aliphatic heterocycles. The summed E-state index contributed by atoms with van der Waals surface area (Å²) < 4.78 is 0. The van der Waals surface area contributed by atoms with Gasteiger partial charge in [-0.2, -0.15) is 0 Å². The van der Waals surface area contributed by atoms with Gasteiger partial charge in [0.1, 0.15) is 0 Å². The lowest BCUT2D eigenvalue weighted by Gasteiger charge is -2.21. The molecule has 0 aromatic carbocycles. The summed E-state index contributed by atoms with van der Waals surface area (Å²) in [6, 6.07) is 0. The molecular weight excluding hydrogens is 327 g/mol. The zero-order valence-electron chi connectivity index (χ0n) is 11.2. The van der Waals surface area contributed by atoms with Gasteiger partial charge in [-0.05, 0) is 39.9 Å². The number of nitrogens with two attached hydrogens (primary N) is 1. The van der Waals surface area contributed by atoms with Crippen molar-refractivity contribution < 1.29 is 0 Å². The lowest BCUT2D eigenvalue weighted by Crippen LogP contribution is -2.38. The van der Waals surface area contributed by atoms with Gasteiger partial charge in [0.05, 0.1) is 0 Å². The Hall–Kier alpha value is -0.0400. The first-order valence-electron chi connectivity index (χ1n) is 6.40. The van der Waals surface area contributed by atoms with Crippen LogP contribution in [0.4, 0.5) is 0 Å². The minimum Gasteiger partial charge on any atom is -0.370 e. The lowest BCUT2D eigenvalue weighted by atomic mass is 10.2. The maximum Gasteiger partial charge on any atom is 0.191 e. The molecule has 0 unspecified atom stereocenters. The molecule has 0 amide bonds. The molecule has 0 bridgehead atoms. The Morgan fingerprint density at radius 2 is 1.76 bits per heavy atom. The molecule has 1 rings (SSSR count).